The third kappa shape index (κ3) is 3.30. The van der Waals surface area contributed by atoms with Crippen molar-refractivity contribution in [2.45, 2.75) is 44.4 Å². The third-order valence-corrected chi connectivity index (χ3v) is 7.26. The summed E-state index contributed by atoms with van der Waals surface area (Å²) in [5, 5.41) is 4.25. The molecular weight excluding hydrogens is 380 g/mol. The molecule has 158 valence electrons. The summed E-state index contributed by atoms with van der Waals surface area (Å²) in [6.07, 6.45) is 4.61. The summed E-state index contributed by atoms with van der Waals surface area (Å²) in [5.74, 6) is 1.92. The summed E-state index contributed by atoms with van der Waals surface area (Å²) < 4.78 is 5.78. The maximum absolute atomic E-state index is 13.2. The van der Waals surface area contributed by atoms with Gasteiger partial charge >= 0.3 is 0 Å². The Bertz CT molecular complexity index is 943. The van der Waals surface area contributed by atoms with E-state index in [9.17, 15) is 9.59 Å². The molecular formula is C23H28N4O3. The Balaban J connectivity index is 1.32. The largest absolute Gasteiger partial charge is 0.342 e. The smallest absolute Gasteiger partial charge is 0.235 e. The van der Waals surface area contributed by atoms with Crippen molar-refractivity contribution in [3.8, 4) is 0 Å². The van der Waals surface area contributed by atoms with Gasteiger partial charge in [0.25, 0.3) is 0 Å². The van der Waals surface area contributed by atoms with Crippen molar-refractivity contribution in [2.75, 3.05) is 26.2 Å². The highest BCUT2D eigenvalue weighted by Crippen LogP contribution is 2.50. The van der Waals surface area contributed by atoms with Crippen LogP contribution in [0, 0.1) is 11.8 Å². The normalized spacial score (nSPS) is 28.2. The molecule has 3 aliphatic rings. The lowest BCUT2D eigenvalue weighted by Crippen LogP contribution is -2.39. The number of rotatable bonds is 4. The molecule has 1 aliphatic carbocycles. The summed E-state index contributed by atoms with van der Waals surface area (Å²) in [6.45, 7) is 4.21. The van der Waals surface area contributed by atoms with Crippen LogP contribution in [0.4, 0.5) is 0 Å². The van der Waals surface area contributed by atoms with Crippen LogP contribution in [0.1, 0.15) is 49.9 Å². The van der Waals surface area contributed by atoms with Gasteiger partial charge in [-0.25, -0.2) is 0 Å². The van der Waals surface area contributed by atoms with Gasteiger partial charge in [0.05, 0.1) is 11.3 Å². The number of likely N-dealkylation sites (tertiary alicyclic amines) is 2. The average Bonchev–Trinajstić information content (AvgIpc) is 3.50. The van der Waals surface area contributed by atoms with Crippen LogP contribution in [0.2, 0.25) is 0 Å². The van der Waals surface area contributed by atoms with Gasteiger partial charge in [-0.2, -0.15) is 4.98 Å². The molecule has 0 radical (unpaired) electrons. The summed E-state index contributed by atoms with van der Waals surface area (Å²) in [5.41, 5.74) is 0.945. The summed E-state index contributed by atoms with van der Waals surface area (Å²) >= 11 is 0. The number of amides is 2. The molecule has 30 heavy (non-hydrogen) atoms. The Labute approximate surface area is 176 Å². The van der Waals surface area contributed by atoms with E-state index >= 15 is 0 Å². The maximum Gasteiger partial charge on any atom is 0.235 e. The Kier molecular flexibility index (Phi) is 4.83. The fourth-order valence-corrected chi connectivity index (χ4v) is 5.62. The molecule has 2 aliphatic heterocycles. The number of benzene rings is 1. The van der Waals surface area contributed by atoms with E-state index in [0.717, 1.165) is 37.8 Å². The minimum absolute atomic E-state index is 0.0527. The van der Waals surface area contributed by atoms with Crippen LogP contribution >= 0.6 is 0 Å². The molecule has 0 unspecified atom stereocenters. The number of carbonyl (C=O) groups excluding carboxylic acids is 2. The van der Waals surface area contributed by atoms with Gasteiger partial charge in [0.15, 0.2) is 5.82 Å². The van der Waals surface area contributed by atoms with Crippen LogP contribution < -0.4 is 0 Å². The highest BCUT2D eigenvalue weighted by molar-refractivity contribution is 5.82. The number of hydrogen-bond acceptors (Lipinski definition) is 5. The van der Waals surface area contributed by atoms with E-state index < -0.39 is 0 Å². The average molecular weight is 409 g/mol. The van der Waals surface area contributed by atoms with Gasteiger partial charge in [-0.3, -0.25) is 9.59 Å². The topological polar surface area (TPSA) is 79.5 Å². The van der Waals surface area contributed by atoms with Gasteiger partial charge in [0, 0.05) is 39.5 Å². The second-order valence-electron chi connectivity index (χ2n) is 9.09. The Hall–Kier alpha value is -2.70. The lowest BCUT2D eigenvalue weighted by molar-refractivity contribution is -0.134. The molecule has 0 spiro atoms. The number of hydrogen-bond donors (Lipinski definition) is 0. The second kappa shape index (κ2) is 7.52. The lowest BCUT2D eigenvalue weighted by atomic mass is 9.80. The molecule has 2 amide bonds. The number of nitrogens with zero attached hydrogens (tertiary/aromatic N) is 4. The van der Waals surface area contributed by atoms with Gasteiger partial charge in [-0.1, -0.05) is 41.9 Å². The fourth-order valence-electron chi connectivity index (χ4n) is 5.62. The summed E-state index contributed by atoms with van der Waals surface area (Å²) in [6, 6.07) is 10.2. The van der Waals surface area contributed by atoms with E-state index in [2.05, 4.69) is 17.3 Å². The molecule has 3 atom stereocenters. The number of carbonyl (C=O) groups is 2. The van der Waals surface area contributed by atoms with Crippen LogP contribution in [0.15, 0.2) is 34.9 Å². The zero-order chi connectivity index (χ0) is 20.7. The maximum atomic E-state index is 13.2. The first-order valence-corrected chi connectivity index (χ1v) is 11.0. The van der Waals surface area contributed by atoms with Gasteiger partial charge in [-0.15, -0.1) is 0 Å². The van der Waals surface area contributed by atoms with E-state index in [0.29, 0.717) is 43.7 Å². The fraction of sp³-hybridized carbons (Fsp3) is 0.565. The van der Waals surface area contributed by atoms with Gasteiger partial charge in [0.1, 0.15) is 0 Å². The quantitative estimate of drug-likeness (QED) is 0.776. The predicted octanol–water partition coefficient (Wildman–Crippen LogP) is 2.41. The first-order valence-electron chi connectivity index (χ1n) is 11.0. The molecule has 3 fully saturated rings. The van der Waals surface area contributed by atoms with E-state index in [1.807, 2.05) is 23.1 Å². The highest BCUT2D eigenvalue weighted by atomic mass is 16.5. The van der Waals surface area contributed by atoms with Gasteiger partial charge < -0.3 is 14.3 Å². The molecule has 7 nitrogen and oxygen atoms in total. The first kappa shape index (κ1) is 19.3. The molecule has 2 aromatic rings. The van der Waals surface area contributed by atoms with Crippen molar-refractivity contribution >= 4 is 11.8 Å². The molecule has 7 heteroatoms. The number of fused-ring (bicyclic) bond motifs is 1. The standard InChI is InChI=1S/C23H28N4O3/c1-16(28)26-11-9-18(13-26)21(29)27-14-19-8-5-10-23(19,15-27)22-24-20(25-30-22)12-17-6-3-2-4-7-17/h2-4,6-7,18-19H,5,8-15H2,1H3/t18-,19-,23-/m1/s1. The summed E-state index contributed by atoms with van der Waals surface area (Å²) in [4.78, 5) is 33.4. The molecule has 0 bridgehead atoms. The first-order chi connectivity index (χ1) is 14.5. The predicted molar refractivity (Wildman–Crippen MR) is 110 cm³/mol. The van der Waals surface area contributed by atoms with Crippen molar-refractivity contribution in [1.82, 2.24) is 19.9 Å². The molecule has 2 saturated heterocycles. The van der Waals surface area contributed by atoms with E-state index in [4.69, 9.17) is 9.51 Å². The molecule has 1 saturated carbocycles. The molecule has 5 rings (SSSR count). The van der Waals surface area contributed by atoms with Crippen LogP contribution in [-0.4, -0.2) is 57.9 Å². The lowest BCUT2D eigenvalue weighted by Gasteiger charge is -2.25. The van der Waals surface area contributed by atoms with Crippen molar-refractivity contribution in [3.63, 3.8) is 0 Å². The third-order valence-electron chi connectivity index (χ3n) is 7.26. The SMILES string of the molecule is CC(=O)N1CC[C@@H](C(=O)N2C[C@H]3CCC[C@@]3(c3nc(Cc4ccccc4)no3)C2)C1. The van der Waals surface area contributed by atoms with Crippen molar-refractivity contribution in [3.05, 3.63) is 47.6 Å². The molecule has 1 aromatic heterocycles. The summed E-state index contributed by atoms with van der Waals surface area (Å²) in [7, 11) is 0. The van der Waals surface area contributed by atoms with Crippen LogP contribution in [0.5, 0.6) is 0 Å². The molecule has 3 heterocycles. The minimum Gasteiger partial charge on any atom is -0.342 e. The van der Waals surface area contributed by atoms with Gasteiger partial charge in [-0.05, 0) is 30.7 Å². The highest BCUT2D eigenvalue weighted by Gasteiger charge is 2.55. The zero-order valence-electron chi connectivity index (χ0n) is 17.4. The van der Waals surface area contributed by atoms with E-state index in [1.165, 1.54) is 0 Å². The van der Waals surface area contributed by atoms with E-state index in [-0.39, 0.29) is 23.1 Å². The van der Waals surface area contributed by atoms with Crippen LogP contribution in [0.25, 0.3) is 0 Å². The van der Waals surface area contributed by atoms with Gasteiger partial charge in [0.2, 0.25) is 17.7 Å². The van der Waals surface area contributed by atoms with Crippen molar-refractivity contribution in [2.24, 2.45) is 11.8 Å². The second-order valence-corrected chi connectivity index (χ2v) is 9.09. The van der Waals surface area contributed by atoms with Crippen molar-refractivity contribution < 1.29 is 14.1 Å². The zero-order valence-corrected chi connectivity index (χ0v) is 17.4. The van der Waals surface area contributed by atoms with E-state index in [1.54, 1.807) is 11.8 Å². The minimum atomic E-state index is -0.212. The van der Waals surface area contributed by atoms with Crippen LogP contribution in [-0.2, 0) is 21.4 Å². The Morgan fingerprint density at radius 1 is 1.17 bits per heavy atom. The molecule has 0 N–H and O–H groups in total. The van der Waals surface area contributed by atoms with Crippen molar-refractivity contribution in [1.29, 1.82) is 0 Å². The number of aromatic nitrogens is 2. The van der Waals surface area contributed by atoms with Crippen LogP contribution in [0.3, 0.4) is 0 Å². The Morgan fingerprint density at radius 3 is 2.77 bits per heavy atom. The Morgan fingerprint density at radius 2 is 2.00 bits per heavy atom. The molecule has 1 aromatic carbocycles. The monoisotopic (exact) mass is 408 g/mol.